The molecule has 9 heteroatoms. The Labute approximate surface area is 156 Å². The van der Waals surface area contributed by atoms with E-state index in [1.807, 2.05) is 0 Å². The lowest BCUT2D eigenvalue weighted by molar-refractivity contribution is -0.384. The van der Waals surface area contributed by atoms with Crippen molar-refractivity contribution in [2.45, 2.75) is 39.2 Å². The summed E-state index contributed by atoms with van der Waals surface area (Å²) in [5, 5.41) is 14.3. The van der Waals surface area contributed by atoms with Gasteiger partial charge in [-0.05, 0) is 36.5 Å². The van der Waals surface area contributed by atoms with Crippen molar-refractivity contribution in [1.82, 2.24) is 16.2 Å². The minimum atomic E-state index is -0.572. The highest BCUT2D eigenvalue weighted by atomic mass is 35.5. The van der Waals surface area contributed by atoms with Gasteiger partial charge in [0.1, 0.15) is 0 Å². The fourth-order valence-electron chi connectivity index (χ4n) is 2.97. The first-order chi connectivity index (χ1) is 11.8. The van der Waals surface area contributed by atoms with Crippen molar-refractivity contribution >= 4 is 40.5 Å². The van der Waals surface area contributed by atoms with Crippen LogP contribution in [0.4, 0.5) is 5.69 Å². The standard InChI is InChI=1S/C16H21ClN4O3S/c1-9-4-3-5-14(10(9)2)18-16(25)20-19-15(22)12-7-6-11(21(23)24)8-13(12)17/h6-10,14H,3-5H2,1-2H3,(H,19,22)(H2,18,20,25)/t9-,10-,14-/m1/s1. The summed E-state index contributed by atoms with van der Waals surface area (Å²) in [6.45, 7) is 4.42. The molecule has 3 atom stereocenters. The van der Waals surface area contributed by atoms with Crippen molar-refractivity contribution in [3.63, 3.8) is 0 Å². The van der Waals surface area contributed by atoms with E-state index in [-0.39, 0.29) is 22.3 Å². The van der Waals surface area contributed by atoms with Crippen LogP contribution in [-0.2, 0) is 0 Å². The number of benzene rings is 1. The smallest absolute Gasteiger partial charge is 0.271 e. The number of hydrogen-bond acceptors (Lipinski definition) is 4. The van der Waals surface area contributed by atoms with Gasteiger partial charge in [0.2, 0.25) is 0 Å². The van der Waals surface area contributed by atoms with E-state index < -0.39 is 10.8 Å². The van der Waals surface area contributed by atoms with Gasteiger partial charge in [-0.1, -0.05) is 38.3 Å². The zero-order valence-electron chi connectivity index (χ0n) is 14.0. The summed E-state index contributed by atoms with van der Waals surface area (Å²) in [5.74, 6) is 0.602. The molecule has 1 aromatic rings. The van der Waals surface area contributed by atoms with Crippen LogP contribution in [0.3, 0.4) is 0 Å². The Kier molecular flexibility index (Phi) is 6.55. The van der Waals surface area contributed by atoms with Gasteiger partial charge in [-0.25, -0.2) is 0 Å². The number of carbonyl (C=O) groups excluding carboxylic acids is 1. The number of nitro benzene ring substituents is 1. The Hall–Kier alpha value is -1.93. The molecule has 1 aliphatic rings. The maximum atomic E-state index is 12.1. The number of nitrogens with zero attached hydrogens (tertiary/aromatic N) is 1. The van der Waals surface area contributed by atoms with Gasteiger partial charge in [-0.15, -0.1) is 0 Å². The molecule has 0 aromatic heterocycles. The first-order valence-electron chi connectivity index (χ1n) is 8.10. The lowest BCUT2D eigenvalue weighted by Crippen LogP contribution is -2.52. The average molecular weight is 385 g/mol. The van der Waals surface area contributed by atoms with Crippen molar-refractivity contribution in [3.05, 3.63) is 38.9 Å². The number of thiocarbonyl (C=S) groups is 1. The Bertz CT molecular complexity index is 685. The lowest BCUT2D eigenvalue weighted by atomic mass is 9.78. The minimum Gasteiger partial charge on any atom is -0.358 e. The van der Waals surface area contributed by atoms with Gasteiger partial charge in [0.25, 0.3) is 11.6 Å². The van der Waals surface area contributed by atoms with Crippen molar-refractivity contribution < 1.29 is 9.72 Å². The number of nitrogens with one attached hydrogen (secondary N) is 3. The third-order valence-electron chi connectivity index (χ3n) is 4.72. The molecule has 0 heterocycles. The second-order valence-corrected chi connectivity index (χ2v) is 7.16. The fourth-order valence-corrected chi connectivity index (χ4v) is 3.44. The predicted molar refractivity (Wildman–Crippen MR) is 100 cm³/mol. The van der Waals surface area contributed by atoms with Crippen molar-refractivity contribution in [2.75, 3.05) is 0 Å². The van der Waals surface area contributed by atoms with E-state index in [2.05, 4.69) is 30.0 Å². The van der Waals surface area contributed by atoms with Crippen LogP contribution in [0.5, 0.6) is 0 Å². The predicted octanol–water partition coefficient (Wildman–Crippen LogP) is 3.18. The fraction of sp³-hybridized carbons (Fsp3) is 0.500. The number of hydrogen-bond donors (Lipinski definition) is 3. The van der Waals surface area contributed by atoms with Crippen LogP contribution in [0.2, 0.25) is 5.02 Å². The number of hydrazine groups is 1. The highest BCUT2D eigenvalue weighted by Gasteiger charge is 2.27. The Balaban J connectivity index is 1.89. The third kappa shape index (κ3) is 5.02. The van der Waals surface area contributed by atoms with Gasteiger partial charge >= 0.3 is 0 Å². The molecule has 1 amide bonds. The zero-order chi connectivity index (χ0) is 18.6. The molecule has 7 nitrogen and oxygen atoms in total. The normalized spacial score (nSPS) is 22.8. The van der Waals surface area contributed by atoms with E-state index in [1.165, 1.54) is 18.6 Å². The average Bonchev–Trinajstić information content (AvgIpc) is 2.56. The molecule has 0 aliphatic heterocycles. The van der Waals surface area contributed by atoms with Crippen LogP contribution in [-0.4, -0.2) is 22.0 Å². The molecule has 0 bridgehead atoms. The molecule has 0 saturated heterocycles. The van der Waals surface area contributed by atoms with Crippen molar-refractivity contribution in [2.24, 2.45) is 11.8 Å². The third-order valence-corrected chi connectivity index (χ3v) is 5.25. The number of halogens is 1. The molecule has 3 N–H and O–H groups in total. The summed E-state index contributed by atoms with van der Waals surface area (Å²) in [7, 11) is 0. The molecule has 25 heavy (non-hydrogen) atoms. The van der Waals surface area contributed by atoms with Crippen molar-refractivity contribution in [3.8, 4) is 0 Å². The summed E-state index contributed by atoms with van der Waals surface area (Å²) < 4.78 is 0. The van der Waals surface area contributed by atoms with E-state index in [0.29, 0.717) is 16.9 Å². The zero-order valence-corrected chi connectivity index (χ0v) is 15.6. The molecular formula is C16H21ClN4O3S. The quantitative estimate of drug-likeness (QED) is 0.420. The van der Waals surface area contributed by atoms with Crippen LogP contribution in [0.25, 0.3) is 0 Å². The number of non-ortho nitro benzene ring substituents is 1. The van der Waals surface area contributed by atoms with Gasteiger partial charge in [0.05, 0.1) is 15.5 Å². The molecule has 1 saturated carbocycles. The van der Waals surface area contributed by atoms with Gasteiger partial charge < -0.3 is 5.32 Å². The van der Waals surface area contributed by atoms with Crippen LogP contribution in [0, 0.1) is 22.0 Å². The number of carbonyl (C=O) groups is 1. The van der Waals surface area contributed by atoms with E-state index >= 15 is 0 Å². The van der Waals surface area contributed by atoms with Crippen molar-refractivity contribution in [1.29, 1.82) is 0 Å². The molecule has 1 aromatic carbocycles. The summed E-state index contributed by atoms with van der Waals surface area (Å²) in [6, 6.07) is 3.93. The summed E-state index contributed by atoms with van der Waals surface area (Å²) in [6.07, 6.45) is 3.40. The molecule has 136 valence electrons. The van der Waals surface area contributed by atoms with E-state index in [1.54, 1.807) is 0 Å². The van der Waals surface area contributed by atoms with Crippen LogP contribution in [0.1, 0.15) is 43.5 Å². The SMILES string of the molecule is C[C@@H]1[C@H](C)CCC[C@H]1NC(=S)NNC(=O)c1ccc([N+](=O)[O-])cc1Cl. The largest absolute Gasteiger partial charge is 0.358 e. The second kappa shape index (κ2) is 8.44. The highest BCUT2D eigenvalue weighted by Crippen LogP contribution is 2.29. The lowest BCUT2D eigenvalue weighted by Gasteiger charge is -2.35. The molecule has 2 rings (SSSR count). The van der Waals surface area contributed by atoms with Gasteiger partial charge in [-0.2, -0.15) is 0 Å². The first-order valence-corrected chi connectivity index (χ1v) is 8.89. The van der Waals surface area contributed by atoms with Crippen LogP contribution >= 0.6 is 23.8 Å². The highest BCUT2D eigenvalue weighted by molar-refractivity contribution is 7.80. The van der Waals surface area contributed by atoms with E-state index in [0.717, 1.165) is 18.9 Å². The van der Waals surface area contributed by atoms with Gasteiger partial charge in [0.15, 0.2) is 5.11 Å². The second-order valence-electron chi connectivity index (χ2n) is 6.35. The maximum absolute atomic E-state index is 12.1. The number of rotatable bonds is 3. The van der Waals surface area contributed by atoms with E-state index in [4.69, 9.17) is 23.8 Å². The molecule has 0 radical (unpaired) electrons. The maximum Gasteiger partial charge on any atom is 0.271 e. The van der Waals surface area contributed by atoms with Crippen LogP contribution in [0.15, 0.2) is 18.2 Å². The number of nitro groups is 1. The molecule has 0 spiro atoms. The topological polar surface area (TPSA) is 96.3 Å². The minimum absolute atomic E-state index is 0.00195. The first kappa shape index (κ1) is 19.4. The molecular weight excluding hydrogens is 364 g/mol. The molecule has 1 aliphatic carbocycles. The molecule has 1 fully saturated rings. The Morgan fingerprint density at radius 2 is 2.04 bits per heavy atom. The molecule has 0 unspecified atom stereocenters. The summed E-state index contributed by atoms with van der Waals surface area (Å²) in [4.78, 5) is 22.3. The van der Waals surface area contributed by atoms with Gasteiger partial charge in [-0.3, -0.25) is 25.8 Å². The Morgan fingerprint density at radius 1 is 1.32 bits per heavy atom. The number of amides is 1. The monoisotopic (exact) mass is 384 g/mol. The summed E-state index contributed by atoms with van der Waals surface area (Å²) >= 11 is 11.2. The Morgan fingerprint density at radius 3 is 2.68 bits per heavy atom. The van der Waals surface area contributed by atoms with E-state index in [9.17, 15) is 14.9 Å². The van der Waals surface area contributed by atoms with Gasteiger partial charge in [0, 0.05) is 18.2 Å². The van der Waals surface area contributed by atoms with Crippen LogP contribution < -0.4 is 16.2 Å². The summed E-state index contributed by atoms with van der Waals surface area (Å²) in [5.41, 5.74) is 5.07.